The molecule has 176 valence electrons. The predicted octanol–water partition coefficient (Wildman–Crippen LogP) is 6.85. The minimum absolute atomic E-state index is 0.143. The Bertz CT molecular complexity index is 1560. The molecule has 0 atom stereocenters. The number of nitrogens with zero attached hydrogens (tertiary/aromatic N) is 2. The maximum absolute atomic E-state index is 14.1. The van der Waals surface area contributed by atoms with Gasteiger partial charge in [-0.25, -0.2) is 9.97 Å². The number of rotatable bonds is 6. The molecule has 36 heavy (non-hydrogen) atoms. The maximum Gasteiger partial charge on any atom is 0.194 e. The Kier molecular flexibility index (Phi) is 5.48. The summed E-state index contributed by atoms with van der Waals surface area (Å²) in [5.41, 5.74) is 15.9. The zero-order valence-corrected chi connectivity index (χ0v) is 20.3. The molecule has 0 bridgehead atoms. The minimum Gasteiger partial charge on any atom is -0.463 e. The highest BCUT2D eigenvalue weighted by Gasteiger charge is 2.25. The topological polar surface area (TPSA) is 121 Å². The third-order valence-corrected chi connectivity index (χ3v) is 7.46. The lowest BCUT2D eigenvalue weighted by molar-refractivity contribution is 0.104. The number of aromatic nitrogens is 2. The Morgan fingerprint density at radius 3 is 1.50 bits per heavy atom. The van der Waals surface area contributed by atoms with E-state index in [0.717, 1.165) is 20.9 Å². The van der Waals surface area contributed by atoms with E-state index in [0.29, 0.717) is 44.3 Å². The smallest absolute Gasteiger partial charge is 0.194 e. The minimum atomic E-state index is -0.143. The number of ketones is 1. The number of anilines is 2. The van der Waals surface area contributed by atoms with Crippen LogP contribution >= 0.6 is 22.7 Å². The highest BCUT2D eigenvalue weighted by atomic mass is 32.1. The van der Waals surface area contributed by atoms with Crippen molar-refractivity contribution in [1.29, 1.82) is 0 Å². The molecule has 0 aliphatic heterocycles. The van der Waals surface area contributed by atoms with Gasteiger partial charge in [-0.1, -0.05) is 71.2 Å². The number of nitrogen functional groups attached to an aromatic ring is 2. The van der Waals surface area contributed by atoms with E-state index in [-0.39, 0.29) is 5.78 Å². The Labute approximate surface area is 213 Å². The molecule has 0 radical (unpaired) electrons. The van der Waals surface area contributed by atoms with Crippen LogP contribution in [0.5, 0.6) is 0 Å². The lowest BCUT2D eigenvalue weighted by Gasteiger charge is -2.12. The predicted molar refractivity (Wildman–Crippen MR) is 143 cm³/mol. The van der Waals surface area contributed by atoms with Gasteiger partial charge in [0.15, 0.2) is 27.6 Å². The summed E-state index contributed by atoms with van der Waals surface area (Å²) in [5.74, 6) is 1.03. The van der Waals surface area contributed by atoms with Crippen molar-refractivity contribution in [3.05, 3.63) is 96.4 Å². The molecule has 4 heterocycles. The Morgan fingerprint density at radius 1 is 0.639 bits per heavy atom. The van der Waals surface area contributed by atoms with Crippen molar-refractivity contribution in [1.82, 2.24) is 9.97 Å². The van der Waals surface area contributed by atoms with E-state index in [1.807, 2.05) is 60.7 Å². The van der Waals surface area contributed by atoms with Gasteiger partial charge in [0.2, 0.25) is 0 Å². The molecule has 0 fully saturated rings. The van der Waals surface area contributed by atoms with E-state index in [4.69, 9.17) is 20.3 Å². The van der Waals surface area contributed by atoms with E-state index in [1.165, 1.54) is 22.7 Å². The second kappa shape index (κ2) is 8.95. The average Bonchev–Trinajstić information content (AvgIpc) is 3.70. The van der Waals surface area contributed by atoms with Gasteiger partial charge in [-0.3, -0.25) is 4.79 Å². The molecule has 6 rings (SSSR count). The summed E-state index contributed by atoms with van der Waals surface area (Å²) in [5, 5.41) is 0.782. The second-order valence-electron chi connectivity index (χ2n) is 7.83. The first-order chi connectivity index (χ1) is 17.6. The Hall–Kier alpha value is -4.47. The molecule has 0 saturated heterocycles. The summed E-state index contributed by atoms with van der Waals surface area (Å²) in [6, 6.07) is 22.1. The molecule has 0 amide bonds. The van der Waals surface area contributed by atoms with Crippen LogP contribution in [-0.4, -0.2) is 15.8 Å². The molecule has 0 unspecified atom stereocenters. The third kappa shape index (κ3) is 3.80. The monoisotopic (exact) mass is 510 g/mol. The number of hydrogen-bond acceptors (Lipinski definition) is 9. The first kappa shape index (κ1) is 22.0. The lowest BCUT2D eigenvalue weighted by atomic mass is 9.93. The number of furan rings is 2. The number of hydrogen-bond donors (Lipinski definition) is 2. The number of carbonyl (C=O) groups is 1. The summed E-state index contributed by atoms with van der Waals surface area (Å²) in [7, 11) is 0. The largest absolute Gasteiger partial charge is 0.463 e. The summed E-state index contributed by atoms with van der Waals surface area (Å²) >= 11 is 2.63. The van der Waals surface area contributed by atoms with Crippen molar-refractivity contribution in [3.8, 4) is 43.8 Å². The van der Waals surface area contributed by atoms with Crippen LogP contribution < -0.4 is 11.5 Å². The molecule has 4 aromatic heterocycles. The van der Waals surface area contributed by atoms with E-state index in [2.05, 4.69) is 9.97 Å². The first-order valence-electron chi connectivity index (χ1n) is 10.9. The van der Waals surface area contributed by atoms with Crippen LogP contribution in [0, 0.1) is 0 Å². The highest BCUT2D eigenvalue weighted by Crippen LogP contribution is 2.43. The standard InChI is InChI=1S/C27H18N4O3S2/c28-26-30-21(19-11-5-13-33-19)24(35-26)17-9-3-1-7-15(17)23(32)16-8-2-4-10-18(16)25-22(31-27(29)36-25)20-12-6-14-34-20/h1-14H,(H2,28,30)(H2,29,31). The van der Waals surface area contributed by atoms with Gasteiger partial charge in [0.25, 0.3) is 0 Å². The fourth-order valence-corrected chi connectivity index (χ4v) is 5.86. The first-order valence-corrected chi connectivity index (χ1v) is 12.6. The molecule has 0 aliphatic carbocycles. The number of benzene rings is 2. The van der Waals surface area contributed by atoms with Crippen LogP contribution in [0.2, 0.25) is 0 Å². The fraction of sp³-hybridized carbons (Fsp3) is 0. The van der Waals surface area contributed by atoms with Crippen LogP contribution in [0.4, 0.5) is 10.3 Å². The Balaban J connectivity index is 1.50. The van der Waals surface area contributed by atoms with Gasteiger partial charge < -0.3 is 20.3 Å². The number of carbonyl (C=O) groups excluding carboxylic acids is 1. The number of thiazole rings is 2. The highest BCUT2D eigenvalue weighted by molar-refractivity contribution is 7.19. The molecular weight excluding hydrogens is 492 g/mol. The molecule has 0 aliphatic rings. The van der Waals surface area contributed by atoms with E-state index < -0.39 is 0 Å². The molecular formula is C27H18N4O3S2. The van der Waals surface area contributed by atoms with Gasteiger partial charge in [0.05, 0.1) is 22.3 Å². The molecule has 2 aromatic carbocycles. The van der Waals surface area contributed by atoms with Crippen LogP contribution in [0.25, 0.3) is 43.8 Å². The summed E-state index contributed by atoms with van der Waals surface area (Å²) < 4.78 is 11.2. The van der Waals surface area contributed by atoms with Gasteiger partial charge in [-0.15, -0.1) is 0 Å². The molecule has 6 aromatic rings. The zero-order chi connectivity index (χ0) is 24.6. The molecule has 9 heteroatoms. The summed E-state index contributed by atoms with van der Waals surface area (Å²) in [6.07, 6.45) is 3.17. The van der Waals surface area contributed by atoms with Crippen molar-refractivity contribution in [2.24, 2.45) is 0 Å². The molecule has 0 saturated carbocycles. The van der Waals surface area contributed by atoms with Crippen molar-refractivity contribution in [2.75, 3.05) is 11.5 Å². The SMILES string of the molecule is Nc1nc(-c2ccco2)c(-c2ccccc2C(=O)c2ccccc2-c2sc(N)nc2-c2ccco2)s1. The van der Waals surface area contributed by atoms with Crippen molar-refractivity contribution >= 4 is 38.7 Å². The van der Waals surface area contributed by atoms with Crippen molar-refractivity contribution < 1.29 is 13.6 Å². The van der Waals surface area contributed by atoms with Crippen molar-refractivity contribution in [3.63, 3.8) is 0 Å². The quantitative estimate of drug-likeness (QED) is 0.235. The van der Waals surface area contributed by atoms with Gasteiger partial charge >= 0.3 is 0 Å². The summed E-state index contributed by atoms with van der Waals surface area (Å²) in [6.45, 7) is 0. The van der Waals surface area contributed by atoms with Gasteiger partial charge in [-0.05, 0) is 24.3 Å². The van der Waals surface area contributed by atoms with Crippen LogP contribution in [0.15, 0.2) is 94.2 Å². The number of nitrogens with two attached hydrogens (primary N) is 2. The van der Waals surface area contributed by atoms with Crippen LogP contribution in [0.3, 0.4) is 0 Å². The van der Waals surface area contributed by atoms with Crippen LogP contribution in [-0.2, 0) is 0 Å². The molecule has 0 spiro atoms. The second-order valence-corrected chi connectivity index (χ2v) is 9.90. The normalized spacial score (nSPS) is 11.1. The summed E-state index contributed by atoms with van der Waals surface area (Å²) in [4.78, 5) is 24.6. The average molecular weight is 511 g/mol. The van der Waals surface area contributed by atoms with Gasteiger partial charge in [-0.2, -0.15) is 0 Å². The maximum atomic E-state index is 14.1. The Morgan fingerprint density at radius 2 is 1.08 bits per heavy atom. The zero-order valence-electron chi connectivity index (χ0n) is 18.7. The van der Waals surface area contributed by atoms with E-state index in [1.54, 1.807) is 24.7 Å². The molecule has 7 nitrogen and oxygen atoms in total. The molecule has 4 N–H and O–H groups in total. The van der Waals surface area contributed by atoms with Crippen LogP contribution in [0.1, 0.15) is 15.9 Å². The third-order valence-electron chi connectivity index (χ3n) is 5.63. The van der Waals surface area contributed by atoms with Gasteiger partial charge in [0, 0.05) is 22.3 Å². The van der Waals surface area contributed by atoms with E-state index in [9.17, 15) is 4.79 Å². The van der Waals surface area contributed by atoms with E-state index >= 15 is 0 Å². The van der Waals surface area contributed by atoms with Gasteiger partial charge in [0.1, 0.15) is 11.4 Å². The fourth-order valence-electron chi connectivity index (χ4n) is 4.10. The lowest BCUT2D eigenvalue weighted by Crippen LogP contribution is -2.05. The van der Waals surface area contributed by atoms with Crippen molar-refractivity contribution in [2.45, 2.75) is 0 Å².